The van der Waals surface area contributed by atoms with E-state index in [0.717, 1.165) is 144 Å². The number of hydrogen-bond donors (Lipinski definition) is 4. The number of aromatic nitrogens is 12. The average molecular weight is 2200 g/mol. The van der Waals surface area contributed by atoms with Gasteiger partial charge in [0, 0.05) is 53.5 Å². The Hall–Kier alpha value is -15.6. The fraction of sp³-hybridized carbons (Fsp3) is 0. The van der Waals surface area contributed by atoms with E-state index < -0.39 is 61.1 Å². The summed E-state index contributed by atoms with van der Waals surface area (Å²) in [7, 11) is -1.34. The number of anilines is 2. The minimum atomic E-state index is -1.34. The summed E-state index contributed by atoms with van der Waals surface area (Å²) in [6.45, 7) is 0. The number of ketones is 2. The van der Waals surface area contributed by atoms with Crippen LogP contribution in [0.4, 0.5) is 34.1 Å². The van der Waals surface area contributed by atoms with Crippen molar-refractivity contribution in [2.24, 2.45) is 0 Å². The molecule has 30 nitrogen and oxygen atoms in total. The van der Waals surface area contributed by atoms with Crippen molar-refractivity contribution < 1.29 is 39.3 Å². The molecule has 0 amide bonds. The fourth-order valence-electron chi connectivity index (χ4n) is 14.9. The Morgan fingerprint density at radius 2 is 0.464 bits per heavy atom. The van der Waals surface area contributed by atoms with Gasteiger partial charge in [-0.1, -0.05) is 334 Å². The molecule has 0 aliphatic rings. The SMILES string of the molecule is Brc1ccc(Br)c2nsnc12.Nc1c(N)c(-c2ccccc2)c2nsnc2c1-c1ccccc1.O=C(C(=O)c1ccccc1)c1ccccc1.O=[N+]([O-])c1c([N+](=O)[O-])c(-c2ccccc2)c2nsnc2c1-c1ccccc1.O=[N+]([O-])c1c([N+](=O)[O-])c(Br)c2nsnc2c1Br.OB(O)c1ccccc1.c1ccc(-c2nc3c(-c4ccccc4)c4nsnc4c(-c4ccccc4)c3nc2-c2ccccc2)cc1. The Bertz CT molecular complexity index is 7850. The lowest BCUT2D eigenvalue weighted by molar-refractivity contribution is -0.423. The number of carbonyl (C=O) groups is 2. The molecular formula is C100H63BBr4N18O12S5. The summed E-state index contributed by atoms with van der Waals surface area (Å²) >= 11 is 18.0. The van der Waals surface area contributed by atoms with Crippen LogP contribution in [-0.2, 0) is 0 Å². The number of fused-ring (bicyclic) bond motifs is 6. The number of hydrogen-bond acceptors (Lipinski definition) is 31. The highest BCUT2D eigenvalue weighted by molar-refractivity contribution is 9.11. The lowest BCUT2D eigenvalue weighted by Crippen LogP contribution is -2.29. The maximum absolute atomic E-state index is 11.9. The third kappa shape index (κ3) is 21.2. The maximum atomic E-state index is 11.9. The molecule has 22 rings (SSSR count). The Balaban J connectivity index is 0.000000123. The van der Waals surface area contributed by atoms with Crippen molar-refractivity contribution in [3.63, 3.8) is 0 Å². The third-order valence-corrected chi connectivity index (χ3v) is 26.6. The van der Waals surface area contributed by atoms with Crippen LogP contribution in [0.2, 0.25) is 0 Å². The molecule has 40 heteroatoms. The van der Waals surface area contributed by atoms with E-state index in [2.05, 4.69) is 147 Å². The van der Waals surface area contributed by atoms with Gasteiger partial charge in [-0.2, -0.15) is 43.7 Å². The highest BCUT2D eigenvalue weighted by Gasteiger charge is 2.40. The molecule has 0 unspecified atom stereocenters. The molecular weight excluding hydrogens is 2140 g/mol. The molecule has 0 atom stereocenters. The average Bonchev–Trinajstić information content (AvgIpc) is 1.12. The second-order valence-corrected chi connectivity index (χ2v) is 35.6. The van der Waals surface area contributed by atoms with Gasteiger partial charge in [-0.05, 0) is 115 Å². The van der Waals surface area contributed by atoms with Gasteiger partial charge in [0.2, 0.25) is 11.6 Å². The molecule has 0 bridgehead atoms. The van der Waals surface area contributed by atoms with Crippen LogP contribution in [0.1, 0.15) is 20.7 Å². The topological polar surface area (TPSA) is 454 Å². The van der Waals surface area contributed by atoms with Crippen LogP contribution in [-0.4, -0.2) is 102 Å². The van der Waals surface area contributed by atoms with E-state index >= 15 is 0 Å². The summed E-state index contributed by atoms with van der Waals surface area (Å²) in [5.74, 6) is -0.932. The van der Waals surface area contributed by atoms with Crippen molar-refractivity contribution in [3.8, 4) is 89.3 Å². The first kappa shape index (κ1) is 97.5. The molecule has 6 heterocycles. The molecule has 0 spiro atoms. The van der Waals surface area contributed by atoms with Crippen LogP contribution in [0.25, 0.3) is 155 Å². The van der Waals surface area contributed by atoms with Crippen LogP contribution in [0.15, 0.2) is 364 Å². The van der Waals surface area contributed by atoms with Crippen molar-refractivity contribution in [3.05, 3.63) is 415 Å². The predicted octanol–water partition coefficient (Wildman–Crippen LogP) is 25.7. The summed E-state index contributed by atoms with van der Waals surface area (Å²) in [4.78, 5) is 76.9. The monoisotopic (exact) mass is 2190 g/mol. The first-order valence-corrected chi connectivity index (χ1v) is 48.4. The zero-order valence-electron chi connectivity index (χ0n) is 71.8. The van der Waals surface area contributed by atoms with Crippen molar-refractivity contribution in [1.82, 2.24) is 53.7 Å². The molecule has 0 aliphatic carbocycles. The lowest BCUT2D eigenvalue weighted by atomic mass is 9.81. The molecule has 0 radical (unpaired) electrons. The number of nitrogens with zero attached hydrogens (tertiary/aromatic N) is 16. The van der Waals surface area contributed by atoms with Gasteiger partial charge in [0.05, 0.1) is 112 Å². The van der Waals surface area contributed by atoms with Crippen LogP contribution in [0, 0.1) is 40.5 Å². The molecule has 22 aromatic rings. The second kappa shape index (κ2) is 45.1. The van der Waals surface area contributed by atoms with E-state index in [1.54, 1.807) is 133 Å². The van der Waals surface area contributed by atoms with E-state index in [1.807, 2.05) is 164 Å². The summed E-state index contributed by atoms with van der Waals surface area (Å²) in [6.07, 6.45) is 0. The zero-order valence-corrected chi connectivity index (χ0v) is 82.3. The van der Waals surface area contributed by atoms with Gasteiger partial charge in [-0.3, -0.25) is 50.0 Å². The highest BCUT2D eigenvalue weighted by Crippen LogP contribution is 2.52. The largest absolute Gasteiger partial charge is 0.488 e. The zero-order chi connectivity index (χ0) is 98.0. The van der Waals surface area contributed by atoms with Crippen molar-refractivity contribution in [1.29, 1.82) is 0 Å². The number of halogens is 4. The number of benzene rings is 16. The number of nitrogens with two attached hydrogens (primary N) is 2. The minimum absolute atomic E-state index is 0.0406. The van der Waals surface area contributed by atoms with Gasteiger partial charge in [0.1, 0.15) is 75.1 Å². The van der Waals surface area contributed by atoms with Crippen molar-refractivity contribution >= 4 is 247 Å². The first-order valence-electron chi connectivity index (χ1n) is 41.5. The van der Waals surface area contributed by atoms with Gasteiger partial charge in [-0.25, -0.2) is 9.97 Å². The molecule has 16 aromatic carbocycles. The lowest BCUT2D eigenvalue weighted by Gasteiger charge is -2.16. The fourth-order valence-corrected chi connectivity index (χ4v) is 20.2. The quantitative estimate of drug-likeness (QED) is 0.0174. The van der Waals surface area contributed by atoms with Gasteiger partial charge in [0.25, 0.3) is 0 Å². The Morgan fingerprint density at radius 1 is 0.257 bits per heavy atom. The standard InChI is InChI=1S/C32H20N4S.C18H10N4O4S.C18H14N4S.C14H10O2.C6H7BO2.C6Br2N4O4S.C6H2Br2N2S/c1-5-13-21(14-6-1)25-29-30(26(22-15-7-2-8-16-22)32-31(25)35-37-36-32)34-28(24-19-11-4-12-20-24)27(33-29)23-17-9-3-10-18-23;23-21(24)17-13(11-7-3-1-4-8-11)15-16(20-27-19-15)14(18(17)22(25)26)12-9-5-2-6-10-12;19-15-13(11-7-3-1-4-8-11)17-18(22-23-21-17)14(16(15)20)12-9-5-2-6-10-12;15-13(11-7-3-1-4-8-11)14(16)12-9-5-2-6-10-12;8-7(9)6-4-2-1-3-5-6;7-1-3-4(10-17-9-3)2(8)6(12(15)16)5(1)11(13)14;7-3-1-2-4(8)6-5(3)9-11-10-6/h1-20H;1-10H;1-10H,19-20H2;1-10H;1-5,8-9H;;1-2H. The molecule has 140 heavy (non-hydrogen) atoms. The highest BCUT2D eigenvalue weighted by atomic mass is 79.9. The van der Waals surface area contributed by atoms with Crippen molar-refractivity contribution in [2.45, 2.75) is 0 Å². The van der Waals surface area contributed by atoms with Crippen LogP contribution < -0.4 is 16.9 Å². The number of nitrogen functional groups attached to an aromatic ring is 2. The van der Waals surface area contributed by atoms with E-state index in [0.29, 0.717) is 39.1 Å². The second-order valence-electron chi connectivity index (χ2n) is 29.7. The molecule has 0 aliphatic heterocycles. The van der Waals surface area contributed by atoms with Gasteiger partial charge < -0.3 is 21.5 Å². The smallest absolute Gasteiger partial charge is 0.423 e. The normalized spacial score (nSPS) is 10.7. The number of rotatable bonds is 16. The number of nitro groups is 4. The van der Waals surface area contributed by atoms with E-state index in [1.165, 1.54) is 35.2 Å². The molecule has 686 valence electrons. The molecule has 6 aromatic heterocycles. The summed E-state index contributed by atoms with van der Waals surface area (Å²) in [5.41, 5.74) is 33.2. The minimum Gasteiger partial charge on any atom is -0.423 e. The van der Waals surface area contributed by atoms with Gasteiger partial charge >= 0.3 is 29.9 Å². The summed E-state index contributed by atoms with van der Waals surface area (Å²) < 4.78 is 44.8. The van der Waals surface area contributed by atoms with E-state index in [9.17, 15) is 50.0 Å². The molecule has 0 saturated carbocycles. The number of carbonyl (C=O) groups excluding carboxylic acids is 2. The van der Waals surface area contributed by atoms with Crippen molar-refractivity contribution in [2.75, 3.05) is 11.5 Å². The third-order valence-electron chi connectivity index (χ3n) is 21.2. The summed E-state index contributed by atoms with van der Waals surface area (Å²) in [6, 6.07) is 108. The van der Waals surface area contributed by atoms with Gasteiger partial charge in [-0.15, -0.1) is 0 Å². The number of nitro benzene ring substituents is 4. The Kier molecular flexibility index (Phi) is 31.4. The summed E-state index contributed by atoms with van der Waals surface area (Å²) in [5, 5.41) is 62.8. The van der Waals surface area contributed by atoms with E-state index in [4.69, 9.17) is 40.2 Å². The predicted molar refractivity (Wildman–Crippen MR) is 568 cm³/mol. The first-order chi connectivity index (χ1) is 68.1. The van der Waals surface area contributed by atoms with Crippen LogP contribution >= 0.6 is 122 Å². The van der Waals surface area contributed by atoms with Crippen LogP contribution in [0.5, 0.6) is 0 Å². The van der Waals surface area contributed by atoms with Crippen LogP contribution in [0.3, 0.4) is 0 Å². The molecule has 6 N–H and O–H groups in total. The molecule has 0 fully saturated rings. The maximum Gasteiger partial charge on any atom is 0.488 e. The van der Waals surface area contributed by atoms with E-state index in [-0.39, 0.29) is 42.1 Å². The van der Waals surface area contributed by atoms with Gasteiger partial charge in [0.15, 0.2) is 0 Å². The Morgan fingerprint density at radius 3 is 0.714 bits per heavy atom. The Labute approximate surface area is 848 Å². The molecule has 0 saturated heterocycles. The number of Topliss-reactive ketones (excluding diaryl/α,β-unsaturated/α-hetero) is 2.